The van der Waals surface area contributed by atoms with Crippen LogP contribution in [0.1, 0.15) is 11.1 Å². The third-order valence-corrected chi connectivity index (χ3v) is 5.99. The topological polar surface area (TPSA) is 59.1 Å². The maximum Gasteiger partial charge on any atom is 0.421 e. The highest BCUT2D eigenvalue weighted by Gasteiger charge is 2.33. The lowest BCUT2D eigenvalue weighted by molar-refractivity contribution is 0.203. The number of carbonyl (C=O) groups excluding carboxylic acids is 2. The van der Waals surface area contributed by atoms with Crippen LogP contribution in [0.15, 0.2) is 97.1 Å². The van der Waals surface area contributed by atoms with E-state index in [4.69, 9.17) is 9.47 Å². The molecular formula is C29H24N2O4. The van der Waals surface area contributed by atoms with Crippen LogP contribution in [0.25, 0.3) is 11.1 Å². The third kappa shape index (κ3) is 4.34. The number of hydrogen-bond donors (Lipinski definition) is 0. The molecule has 6 nitrogen and oxygen atoms in total. The lowest BCUT2D eigenvalue weighted by Gasteiger charge is -2.28. The molecular weight excluding hydrogens is 440 g/mol. The van der Waals surface area contributed by atoms with Crippen LogP contribution >= 0.6 is 0 Å². The summed E-state index contributed by atoms with van der Waals surface area (Å²) >= 11 is 0. The van der Waals surface area contributed by atoms with Crippen molar-refractivity contribution in [2.45, 2.75) is 13.8 Å². The second-order valence-corrected chi connectivity index (χ2v) is 8.30. The highest BCUT2D eigenvalue weighted by Crippen LogP contribution is 2.41. The predicted molar refractivity (Wildman–Crippen MR) is 136 cm³/mol. The monoisotopic (exact) mass is 464 g/mol. The van der Waals surface area contributed by atoms with Gasteiger partial charge in [-0.15, -0.1) is 0 Å². The van der Waals surface area contributed by atoms with Crippen LogP contribution < -0.4 is 19.3 Å². The SMILES string of the molecule is Cc1ccccc1OC(=O)N1CN(C(=O)Oc2ccccc2C)c2ccccc2-c2ccccc21. The largest absolute Gasteiger partial charge is 0.421 e. The van der Waals surface area contributed by atoms with E-state index >= 15 is 0 Å². The van der Waals surface area contributed by atoms with Gasteiger partial charge in [0.15, 0.2) is 0 Å². The molecule has 1 aliphatic heterocycles. The number of benzene rings is 4. The molecule has 35 heavy (non-hydrogen) atoms. The lowest BCUT2D eigenvalue weighted by atomic mass is 10.0. The molecule has 0 aromatic heterocycles. The number of aryl methyl sites for hydroxylation is 2. The minimum Gasteiger partial charge on any atom is -0.410 e. The van der Waals surface area contributed by atoms with E-state index in [1.54, 1.807) is 12.1 Å². The van der Waals surface area contributed by atoms with Gasteiger partial charge >= 0.3 is 12.2 Å². The van der Waals surface area contributed by atoms with Crippen molar-refractivity contribution in [1.29, 1.82) is 0 Å². The summed E-state index contributed by atoms with van der Waals surface area (Å²) in [5, 5.41) is 0. The van der Waals surface area contributed by atoms with Crippen LogP contribution in [0, 0.1) is 13.8 Å². The Kier molecular flexibility index (Phi) is 5.94. The molecule has 0 spiro atoms. The fraction of sp³-hybridized carbons (Fsp3) is 0.103. The van der Waals surface area contributed by atoms with Gasteiger partial charge in [0.2, 0.25) is 0 Å². The summed E-state index contributed by atoms with van der Waals surface area (Å²) in [5.74, 6) is 0.927. The van der Waals surface area contributed by atoms with Gasteiger partial charge < -0.3 is 9.47 Å². The lowest BCUT2D eigenvalue weighted by Crippen LogP contribution is -2.46. The van der Waals surface area contributed by atoms with Crippen LogP contribution in [-0.4, -0.2) is 18.9 Å². The minimum atomic E-state index is -0.590. The maximum absolute atomic E-state index is 13.5. The zero-order valence-corrected chi connectivity index (χ0v) is 19.5. The van der Waals surface area contributed by atoms with Gasteiger partial charge in [0.05, 0.1) is 11.4 Å². The number of anilines is 2. The van der Waals surface area contributed by atoms with Gasteiger partial charge in [0, 0.05) is 11.1 Å². The number of fused-ring (bicyclic) bond motifs is 3. The molecule has 0 saturated carbocycles. The molecule has 0 unspecified atom stereocenters. The number of rotatable bonds is 2. The molecule has 4 aromatic rings. The van der Waals surface area contributed by atoms with Gasteiger partial charge in [-0.3, -0.25) is 9.80 Å². The molecule has 5 rings (SSSR count). The highest BCUT2D eigenvalue weighted by atomic mass is 16.6. The minimum absolute atomic E-state index is 0.0799. The summed E-state index contributed by atoms with van der Waals surface area (Å²) in [4.78, 5) is 29.9. The molecule has 0 aliphatic carbocycles. The molecule has 4 aromatic carbocycles. The van der Waals surface area contributed by atoms with Gasteiger partial charge in [-0.2, -0.15) is 0 Å². The first kappa shape index (κ1) is 22.2. The number of nitrogens with zero attached hydrogens (tertiary/aromatic N) is 2. The number of hydrogen-bond acceptors (Lipinski definition) is 4. The van der Waals surface area contributed by atoms with Crippen molar-refractivity contribution in [1.82, 2.24) is 0 Å². The normalized spacial score (nSPS) is 12.3. The third-order valence-electron chi connectivity index (χ3n) is 5.99. The summed E-state index contributed by atoms with van der Waals surface area (Å²) in [6, 6.07) is 29.7. The Bertz CT molecular complexity index is 1310. The van der Waals surface area contributed by atoms with Gasteiger partial charge in [0.1, 0.15) is 18.2 Å². The quantitative estimate of drug-likeness (QED) is 0.322. The van der Waals surface area contributed by atoms with Crippen molar-refractivity contribution < 1.29 is 19.1 Å². The van der Waals surface area contributed by atoms with Crippen molar-refractivity contribution in [2.75, 3.05) is 16.5 Å². The molecule has 174 valence electrons. The highest BCUT2D eigenvalue weighted by molar-refractivity contribution is 6.04. The molecule has 0 saturated heterocycles. The van der Waals surface area contributed by atoms with Crippen molar-refractivity contribution in [3.63, 3.8) is 0 Å². The van der Waals surface area contributed by atoms with Gasteiger partial charge in [-0.1, -0.05) is 72.8 Å². The maximum atomic E-state index is 13.5. The van der Waals surface area contributed by atoms with Crippen molar-refractivity contribution in [3.05, 3.63) is 108 Å². The Balaban J connectivity index is 1.57. The van der Waals surface area contributed by atoms with Gasteiger partial charge in [-0.25, -0.2) is 9.59 Å². The standard InChI is InChI=1S/C29H24N2O4/c1-20-11-3-9-17-26(20)34-28(32)30-19-31(29(33)35-27-18-10-4-12-21(27)2)25-16-8-6-14-23(25)22-13-5-7-15-24(22)30/h3-18H,19H2,1-2H3. The fourth-order valence-corrected chi connectivity index (χ4v) is 4.12. The number of carbonyl (C=O) groups is 2. The summed E-state index contributed by atoms with van der Waals surface area (Å²) in [5.41, 5.74) is 4.59. The summed E-state index contributed by atoms with van der Waals surface area (Å²) in [7, 11) is 0. The molecule has 2 amide bonds. The van der Waals surface area contributed by atoms with Crippen molar-refractivity contribution >= 4 is 23.6 Å². The molecule has 0 radical (unpaired) electrons. The summed E-state index contributed by atoms with van der Waals surface area (Å²) < 4.78 is 11.5. The van der Waals surface area contributed by atoms with E-state index in [0.717, 1.165) is 22.3 Å². The molecule has 6 heteroatoms. The number of para-hydroxylation sites is 4. The molecule has 0 fully saturated rings. The molecule has 0 N–H and O–H groups in total. The Labute approximate surface area is 203 Å². The van der Waals surface area contributed by atoms with Crippen LogP contribution in [0.4, 0.5) is 21.0 Å². The van der Waals surface area contributed by atoms with Crippen LogP contribution in [-0.2, 0) is 0 Å². The molecule has 1 aliphatic rings. The van der Waals surface area contributed by atoms with E-state index in [2.05, 4.69) is 0 Å². The fourth-order valence-electron chi connectivity index (χ4n) is 4.12. The molecule has 1 heterocycles. The van der Waals surface area contributed by atoms with E-state index in [1.165, 1.54) is 9.80 Å². The second-order valence-electron chi connectivity index (χ2n) is 8.30. The van der Waals surface area contributed by atoms with Crippen molar-refractivity contribution in [2.24, 2.45) is 0 Å². The van der Waals surface area contributed by atoms with Gasteiger partial charge in [0.25, 0.3) is 0 Å². The van der Waals surface area contributed by atoms with Crippen LogP contribution in [0.3, 0.4) is 0 Å². The Morgan fingerprint density at radius 3 is 1.37 bits per heavy atom. The second kappa shape index (κ2) is 9.35. The first-order valence-electron chi connectivity index (χ1n) is 11.3. The van der Waals surface area contributed by atoms with E-state index in [0.29, 0.717) is 22.9 Å². The number of amides is 2. The predicted octanol–water partition coefficient (Wildman–Crippen LogP) is 6.95. The van der Waals surface area contributed by atoms with E-state index in [1.807, 2.05) is 98.8 Å². The smallest absolute Gasteiger partial charge is 0.410 e. The molecule has 0 bridgehead atoms. The van der Waals surface area contributed by atoms with Crippen LogP contribution in [0.2, 0.25) is 0 Å². The average molecular weight is 465 g/mol. The summed E-state index contributed by atoms with van der Waals surface area (Å²) in [6.45, 7) is 3.67. The number of ether oxygens (including phenoxy) is 2. The van der Waals surface area contributed by atoms with Crippen LogP contribution in [0.5, 0.6) is 11.5 Å². The van der Waals surface area contributed by atoms with Gasteiger partial charge in [-0.05, 0) is 49.2 Å². The Morgan fingerprint density at radius 2 is 0.943 bits per heavy atom. The first-order valence-corrected chi connectivity index (χ1v) is 11.3. The Morgan fingerprint density at radius 1 is 0.571 bits per heavy atom. The van der Waals surface area contributed by atoms with E-state index in [9.17, 15) is 9.59 Å². The van der Waals surface area contributed by atoms with E-state index < -0.39 is 12.2 Å². The summed E-state index contributed by atoms with van der Waals surface area (Å²) in [6.07, 6.45) is -1.18. The zero-order valence-electron chi connectivity index (χ0n) is 19.5. The Hall–Kier alpha value is -4.58. The average Bonchev–Trinajstić information content (AvgIpc) is 3.02. The van der Waals surface area contributed by atoms with Crippen molar-refractivity contribution in [3.8, 4) is 22.6 Å². The van der Waals surface area contributed by atoms with E-state index in [-0.39, 0.29) is 6.67 Å². The molecule has 0 atom stereocenters. The zero-order chi connectivity index (χ0) is 24.4. The first-order chi connectivity index (χ1) is 17.0.